The Kier molecular flexibility index (Phi) is 5.80. The highest BCUT2D eigenvalue weighted by molar-refractivity contribution is 7.53. The maximum absolute atomic E-state index is 11.5. The first kappa shape index (κ1) is 20.3. The van der Waals surface area contributed by atoms with Crippen LogP contribution in [0.5, 0.6) is 0 Å². The molecule has 0 aliphatic carbocycles. The standard InChI is InChI=1S/C17H17N2O7P/c18-15(19)12-7-3-10(4-8-12)9-1-5-11(6-2-9)13(16(20)21)14(17(22)23)27(24,25)26/h1-8,13-14H,(H3,18,19)(H,20,21)(H,22,23)(H2,24,25,26). The first-order valence-electron chi connectivity index (χ1n) is 7.58. The fourth-order valence-electron chi connectivity index (χ4n) is 2.67. The Labute approximate surface area is 153 Å². The molecule has 27 heavy (non-hydrogen) atoms. The molecule has 2 rings (SSSR count). The molecule has 0 aliphatic rings. The average Bonchev–Trinajstić information content (AvgIpc) is 2.58. The van der Waals surface area contributed by atoms with Gasteiger partial charge in [0.25, 0.3) is 0 Å². The molecule has 2 aromatic carbocycles. The van der Waals surface area contributed by atoms with E-state index in [2.05, 4.69) is 0 Å². The van der Waals surface area contributed by atoms with Crippen molar-refractivity contribution >= 4 is 25.4 Å². The molecule has 0 fully saturated rings. The number of nitrogen functional groups attached to an aromatic ring is 1. The minimum Gasteiger partial charge on any atom is -0.481 e. The van der Waals surface area contributed by atoms with E-state index in [0.29, 0.717) is 11.1 Å². The average molecular weight is 392 g/mol. The van der Waals surface area contributed by atoms with Crippen molar-refractivity contribution < 1.29 is 34.2 Å². The van der Waals surface area contributed by atoms with Crippen LogP contribution < -0.4 is 5.73 Å². The summed E-state index contributed by atoms with van der Waals surface area (Å²) in [6.45, 7) is 0. The van der Waals surface area contributed by atoms with Crippen molar-refractivity contribution in [3.8, 4) is 11.1 Å². The van der Waals surface area contributed by atoms with Gasteiger partial charge in [0.05, 0.1) is 0 Å². The number of rotatable bonds is 7. The van der Waals surface area contributed by atoms with Crippen molar-refractivity contribution in [3.05, 3.63) is 59.7 Å². The molecule has 0 aromatic heterocycles. The van der Waals surface area contributed by atoms with Crippen molar-refractivity contribution in [2.24, 2.45) is 5.73 Å². The van der Waals surface area contributed by atoms with Crippen LogP contribution in [0.25, 0.3) is 11.1 Å². The molecule has 0 saturated carbocycles. The van der Waals surface area contributed by atoms with Gasteiger partial charge in [0.15, 0.2) is 5.66 Å². The third-order valence-electron chi connectivity index (χ3n) is 4.00. The van der Waals surface area contributed by atoms with Crippen molar-refractivity contribution in [2.75, 3.05) is 0 Å². The molecule has 0 aliphatic heterocycles. The molecule has 0 saturated heterocycles. The van der Waals surface area contributed by atoms with Crippen LogP contribution in [-0.2, 0) is 14.2 Å². The smallest absolute Gasteiger partial charge is 0.341 e. The summed E-state index contributed by atoms with van der Waals surface area (Å²) in [5.41, 5.74) is 4.90. The SMILES string of the molecule is N=C(N)c1ccc(-c2ccc(C(C(=O)O)C(C(=O)O)P(=O)(O)O)cc2)cc1. The second-order valence-corrected chi connectivity index (χ2v) is 7.54. The van der Waals surface area contributed by atoms with Gasteiger partial charge in [0, 0.05) is 5.56 Å². The van der Waals surface area contributed by atoms with Crippen LogP contribution in [-0.4, -0.2) is 43.4 Å². The number of carboxylic acid groups (broad SMARTS) is 2. The summed E-state index contributed by atoms with van der Waals surface area (Å²) in [4.78, 5) is 41.3. The Bertz CT molecular complexity index is 919. The van der Waals surface area contributed by atoms with E-state index in [1.165, 1.54) is 24.3 Å². The van der Waals surface area contributed by atoms with E-state index in [-0.39, 0.29) is 11.4 Å². The van der Waals surface area contributed by atoms with Gasteiger partial charge < -0.3 is 25.7 Å². The van der Waals surface area contributed by atoms with Crippen LogP contribution >= 0.6 is 7.60 Å². The summed E-state index contributed by atoms with van der Waals surface area (Å²) in [5, 5.41) is 25.8. The van der Waals surface area contributed by atoms with Crippen molar-refractivity contribution in [2.45, 2.75) is 11.6 Å². The molecule has 10 heteroatoms. The van der Waals surface area contributed by atoms with E-state index in [4.69, 9.17) is 16.2 Å². The number of nitrogens with one attached hydrogen (secondary N) is 1. The number of benzene rings is 2. The molecule has 0 heterocycles. The predicted octanol–water partition coefficient (Wildman–Crippen LogP) is 1.44. The number of hydrogen-bond donors (Lipinski definition) is 6. The van der Waals surface area contributed by atoms with Crippen LogP contribution in [0.1, 0.15) is 17.0 Å². The zero-order chi connectivity index (χ0) is 20.4. The zero-order valence-electron chi connectivity index (χ0n) is 13.8. The second kappa shape index (κ2) is 7.71. The van der Waals surface area contributed by atoms with E-state index < -0.39 is 31.1 Å². The molecule has 2 atom stereocenters. The maximum Gasteiger partial charge on any atom is 0.341 e. The first-order chi connectivity index (χ1) is 12.5. The molecule has 0 bridgehead atoms. The van der Waals surface area contributed by atoms with E-state index in [9.17, 15) is 29.0 Å². The molecule has 9 nitrogen and oxygen atoms in total. The molecule has 2 unspecified atom stereocenters. The van der Waals surface area contributed by atoms with Gasteiger partial charge in [-0.15, -0.1) is 0 Å². The Morgan fingerprint density at radius 2 is 1.33 bits per heavy atom. The molecule has 0 radical (unpaired) electrons. The lowest BCUT2D eigenvalue weighted by Crippen LogP contribution is -2.33. The Balaban J connectivity index is 2.40. The predicted molar refractivity (Wildman–Crippen MR) is 96.7 cm³/mol. The van der Waals surface area contributed by atoms with Gasteiger partial charge in [0.1, 0.15) is 11.8 Å². The van der Waals surface area contributed by atoms with Gasteiger partial charge in [-0.05, 0) is 16.7 Å². The zero-order valence-corrected chi connectivity index (χ0v) is 14.7. The fourth-order valence-corrected chi connectivity index (χ4v) is 3.64. The van der Waals surface area contributed by atoms with Crippen molar-refractivity contribution in [1.82, 2.24) is 0 Å². The quantitative estimate of drug-likeness (QED) is 0.232. The maximum atomic E-state index is 11.5. The molecule has 7 N–H and O–H groups in total. The van der Waals surface area contributed by atoms with Gasteiger partial charge in [-0.2, -0.15) is 0 Å². The van der Waals surface area contributed by atoms with Gasteiger partial charge in [-0.3, -0.25) is 19.6 Å². The summed E-state index contributed by atoms with van der Waals surface area (Å²) < 4.78 is 11.5. The van der Waals surface area contributed by atoms with Gasteiger partial charge in [-0.1, -0.05) is 48.5 Å². The summed E-state index contributed by atoms with van der Waals surface area (Å²) in [5.74, 6) is -5.53. The normalized spacial score (nSPS) is 13.6. The van der Waals surface area contributed by atoms with Crippen molar-refractivity contribution in [1.29, 1.82) is 5.41 Å². The summed E-state index contributed by atoms with van der Waals surface area (Å²) in [7, 11) is -5.20. The summed E-state index contributed by atoms with van der Waals surface area (Å²) >= 11 is 0. The summed E-state index contributed by atoms with van der Waals surface area (Å²) in [6.07, 6.45) is 0. The highest BCUT2D eigenvalue weighted by atomic mass is 31.2. The Morgan fingerprint density at radius 1 is 0.889 bits per heavy atom. The van der Waals surface area contributed by atoms with E-state index in [1.807, 2.05) is 0 Å². The lowest BCUT2D eigenvalue weighted by atomic mass is 9.93. The molecular weight excluding hydrogens is 375 g/mol. The number of carboxylic acids is 2. The number of carbonyl (C=O) groups is 2. The van der Waals surface area contributed by atoms with Gasteiger partial charge >= 0.3 is 19.5 Å². The molecule has 0 spiro atoms. The minimum atomic E-state index is -5.20. The fraction of sp³-hybridized carbons (Fsp3) is 0.118. The van der Waals surface area contributed by atoms with Crippen LogP contribution in [0.2, 0.25) is 0 Å². The van der Waals surface area contributed by atoms with Crippen LogP contribution in [0, 0.1) is 5.41 Å². The van der Waals surface area contributed by atoms with Gasteiger partial charge in [0.2, 0.25) is 0 Å². The number of amidine groups is 1. The van der Waals surface area contributed by atoms with E-state index in [0.717, 1.165) is 5.56 Å². The molecule has 2 aromatic rings. The third kappa shape index (κ3) is 4.59. The van der Waals surface area contributed by atoms with Crippen molar-refractivity contribution in [3.63, 3.8) is 0 Å². The first-order valence-corrected chi connectivity index (χ1v) is 9.26. The van der Waals surface area contributed by atoms with Crippen LogP contribution in [0.15, 0.2) is 48.5 Å². The molecule has 142 valence electrons. The van der Waals surface area contributed by atoms with Crippen LogP contribution in [0.4, 0.5) is 0 Å². The third-order valence-corrected chi connectivity index (χ3v) is 5.24. The second-order valence-electron chi connectivity index (χ2n) is 5.80. The highest BCUT2D eigenvalue weighted by Crippen LogP contribution is 2.48. The Hall–Kier alpha value is -3.00. The molecular formula is C17H17N2O7P. The van der Waals surface area contributed by atoms with Gasteiger partial charge in [-0.25, -0.2) is 0 Å². The minimum absolute atomic E-state index is 0.0395. The largest absolute Gasteiger partial charge is 0.481 e. The highest BCUT2D eigenvalue weighted by Gasteiger charge is 2.46. The van der Waals surface area contributed by atoms with E-state index in [1.54, 1.807) is 24.3 Å². The Morgan fingerprint density at radius 3 is 1.67 bits per heavy atom. The number of hydrogen-bond acceptors (Lipinski definition) is 4. The molecule has 0 amide bonds. The van der Waals surface area contributed by atoms with E-state index >= 15 is 0 Å². The number of aliphatic carboxylic acids is 2. The van der Waals surface area contributed by atoms with Crippen LogP contribution in [0.3, 0.4) is 0 Å². The lowest BCUT2D eigenvalue weighted by Gasteiger charge is -2.21. The topological polar surface area (TPSA) is 182 Å². The lowest BCUT2D eigenvalue weighted by molar-refractivity contribution is -0.145. The monoisotopic (exact) mass is 392 g/mol. The number of nitrogens with two attached hydrogens (primary N) is 1. The summed E-state index contributed by atoms with van der Waals surface area (Å²) in [6, 6.07) is 12.4.